The number of nitrogens with one attached hydrogen (secondary N) is 3. The standard InChI is InChI=1S/C41H69N5O9/c1-14-16-17-20-30-41(11,12)40(53)44-31(24(5)6)36(49)45(13)32(25(7)8)39(52)55-33(26(9)15-2)37(50)46-21-18-19-29(46)35(48)43-28(22-23(3)4)34(47)42-27(10)38(51)54-30/h14,23-33H,1,15-22H2,2-13H3,(H,42,47)(H,43,48)(H,44,53)/t26-,27-,28-,29-,30-,31-,32-,33-/m0/s1. The summed E-state index contributed by atoms with van der Waals surface area (Å²) in [5, 5.41) is 8.40. The van der Waals surface area contributed by atoms with E-state index in [0.29, 0.717) is 38.5 Å². The second-order valence-corrected chi connectivity index (χ2v) is 17.1. The molecule has 2 saturated heterocycles. The van der Waals surface area contributed by atoms with Gasteiger partial charge in [0.15, 0.2) is 6.10 Å². The molecule has 312 valence electrons. The molecule has 2 rings (SSSR count). The molecule has 2 fully saturated rings. The first kappa shape index (κ1) is 47.2. The number of ether oxygens (including phenoxy) is 2. The van der Waals surface area contributed by atoms with E-state index >= 15 is 0 Å². The molecule has 0 radical (unpaired) electrons. The molecule has 3 N–H and O–H groups in total. The third kappa shape index (κ3) is 12.3. The third-order valence-corrected chi connectivity index (χ3v) is 10.9. The molecule has 8 atom stereocenters. The minimum absolute atomic E-state index is 0.0190. The highest BCUT2D eigenvalue weighted by Gasteiger charge is 2.46. The van der Waals surface area contributed by atoms with E-state index < -0.39 is 107 Å². The number of hydrogen-bond donors (Lipinski definition) is 3. The molecule has 0 aromatic rings. The van der Waals surface area contributed by atoms with Crippen LogP contribution in [0.1, 0.15) is 121 Å². The van der Waals surface area contributed by atoms with Crippen molar-refractivity contribution in [1.29, 1.82) is 0 Å². The highest BCUT2D eigenvalue weighted by molar-refractivity contribution is 5.96. The average molecular weight is 776 g/mol. The van der Waals surface area contributed by atoms with Gasteiger partial charge >= 0.3 is 11.9 Å². The van der Waals surface area contributed by atoms with Crippen molar-refractivity contribution < 1.29 is 43.0 Å². The number of cyclic esters (lactones) is 2. The molecule has 0 aliphatic carbocycles. The van der Waals surface area contributed by atoms with E-state index in [4.69, 9.17) is 9.47 Å². The van der Waals surface area contributed by atoms with Crippen LogP contribution < -0.4 is 16.0 Å². The van der Waals surface area contributed by atoms with Crippen LogP contribution >= 0.6 is 0 Å². The van der Waals surface area contributed by atoms with Crippen molar-refractivity contribution in [1.82, 2.24) is 25.8 Å². The van der Waals surface area contributed by atoms with E-state index in [-0.39, 0.29) is 18.9 Å². The molecule has 0 aromatic heterocycles. The first-order chi connectivity index (χ1) is 25.6. The number of carbonyl (C=O) groups excluding carboxylic acids is 7. The molecular weight excluding hydrogens is 706 g/mol. The SMILES string of the molecule is C=CCCC[C@@H]1OC(=O)[C@H](C)NC(=O)[C@H](CC(C)C)NC(=O)[C@@H]2CCCN2C(=O)[C@H]([C@@H](C)CC)OC(=O)[C@H](C(C)C)N(C)C(=O)[C@H](C(C)C)NC(=O)C1(C)C. The molecule has 55 heavy (non-hydrogen) atoms. The highest BCUT2D eigenvalue weighted by atomic mass is 16.6. The molecule has 14 nitrogen and oxygen atoms in total. The van der Waals surface area contributed by atoms with Crippen LogP contribution in [0, 0.1) is 29.1 Å². The predicted octanol–water partition coefficient (Wildman–Crippen LogP) is 3.90. The first-order valence-corrected chi connectivity index (χ1v) is 20.1. The van der Waals surface area contributed by atoms with Crippen molar-refractivity contribution in [2.45, 2.75) is 164 Å². The molecule has 0 unspecified atom stereocenters. The maximum atomic E-state index is 14.2. The Bertz CT molecular complexity index is 1400. The van der Waals surface area contributed by atoms with Gasteiger partial charge in [0.2, 0.25) is 23.6 Å². The fourth-order valence-corrected chi connectivity index (χ4v) is 7.11. The summed E-state index contributed by atoms with van der Waals surface area (Å²) < 4.78 is 12.0. The number of amides is 5. The zero-order valence-corrected chi connectivity index (χ0v) is 35.4. The lowest BCUT2D eigenvalue weighted by atomic mass is 9.82. The van der Waals surface area contributed by atoms with Crippen LogP contribution in [0.3, 0.4) is 0 Å². The Morgan fingerprint density at radius 2 is 1.51 bits per heavy atom. The minimum atomic E-state index is -1.34. The monoisotopic (exact) mass is 776 g/mol. The van der Waals surface area contributed by atoms with E-state index in [0.717, 1.165) is 0 Å². The van der Waals surface area contributed by atoms with Gasteiger partial charge in [-0.05, 0) is 83.5 Å². The number of esters is 2. The number of nitrogens with zero attached hydrogens (tertiary/aromatic N) is 2. The van der Waals surface area contributed by atoms with Crippen LogP contribution in [0.5, 0.6) is 0 Å². The second kappa shape index (κ2) is 20.8. The molecule has 0 saturated carbocycles. The van der Waals surface area contributed by atoms with Gasteiger partial charge in [-0.25, -0.2) is 9.59 Å². The average Bonchev–Trinajstić information content (AvgIpc) is 3.60. The number of hydrogen-bond acceptors (Lipinski definition) is 9. The van der Waals surface area contributed by atoms with Gasteiger partial charge < -0.3 is 35.2 Å². The van der Waals surface area contributed by atoms with Gasteiger partial charge in [-0.15, -0.1) is 6.58 Å². The summed E-state index contributed by atoms with van der Waals surface area (Å²) in [5.74, 6) is -5.59. The molecule has 5 amide bonds. The summed E-state index contributed by atoms with van der Waals surface area (Å²) in [6.07, 6.45) is 2.57. The molecule has 0 bridgehead atoms. The van der Waals surface area contributed by atoms with Crippen molar-refractivity contribution in [3.05, 3.63) is 12.7 Å². The van der Waals surface area contributed by atoms with Gasteiger partial charge in [0.25, 0.3) is 5.91 Å². The van der Waals surface area contributed by atoms with Crippen molar-refractivity contribution in [2.75, 3.05) is 13.6 Å². The topological polar surface area (TPSA) is 181 Å². The predicted molar refractivity (Wildman–Crippen MR) is 209 cm³/mol. The van der Waals surface area contributed by atoms with Crippen LogP contribution in [-0.4, -0.2) is 107 Å². The maximum Gasteiger partial charge on any atom is 0.329 e. The van der Waals surface area contributed by atoms with E-state index in [1.54, 1.807) is 54.5 Å². The van der Waals surface area contributed by atoms with Gasteiger partial charge in [-0.2, -0.15) is 0 Å². The summed E-state index contributed by atoms with van der Waals surface area (Å²) in [7, 11) is 1.48. The molecule has 2 heterocycles. The van der Waals surface area contributed by atoms with Gasteiger partial charge in [0.1, 0.15) is 36.3 Å². The van der Waals surface area contributed by atoms with E-state index in [2.05, 4.69) is 22.5 Å². The quantitative estimate of drug-likeness (QED) is 0.169. The largest absolute Gasteiger partial charge is 0.460 e. The summed E-state index contributed by atoms with van der Waals surface area (Å²) in [6.45, 7) is 23.3. The Labute approximate surface area is 328 Å². The minimum Gasteiger partial charge on any atom is -0.460 e. The number of carbonyl (C=O) groups is 7. The third-order valence-electron chi connectivity index (χ3n) is 10.9. The van der Waals surface area contributed by atoms with E-state index in [1.807, 2.05) is 20.8 Å². The van der Waals surface area contributed by atoms with Crippen LogP contribution in [0.2, 0.25) is 0 Å². The normalized spacial score (nSPS) is 28.8. The fourth-order valence-electron chi connectivity index (χ4n) is 7.11. The molecule has 14 heteroatoms. The van der Waals surface area contributed by atoms with E-state index in [9.17, 15) is 33.6 Å². The zero-order valence-electron chi connectivity index (χ0n) is 35.4. The maximum absolute atomic E-state index is 14.2. The lowest BCUT2D eigenvalue weighted by molar-refractivity contribution is -0.172. The summed E-state index contributed by atoms with van der Waals surface area (Å²) >= 11 is 0. The number of rotatable bonds is 10. The highest BCUT2D eigenvalue weighted by Crippen LogP contribution is 2.30. The van der Waals surface area contributed by atoms with Crippen LogP contribution in [-0.2, 0) is 43.0 Å². The lowest BCUT2D eigenvalue weighted by Crippen LogP contribution is -2.60. The molecule has 2 aliphatic rings. The lowest BCUT2D eigenvalue weighted by Gasteiger charge is -2.38. The Kier molecular flexibility index (Phi) is 17.8. The Balaban J connectivity index is 2.73. The molecule has 0 aromatic carbocycles. The molecule has 0 spiro atoms. The van der Waals surface area contributed by atoms with Gasteiger partial charge in [0.05, 0.1) is 5.41 Å². The zero-order chi connectivity index (χ0) is 41.9. The molecule has 2 aliphatic heterocycles. The van der Waals surface area contributed by atoms with Gasteiger partial charge in [0, 0.05) is 19.5 Å². The Morgan fingerprint density at radius 3 is 2.05 bits per heavy atom. The Morgan fingerprint density at radius 1 is 0.873 bits per heavy atom. The van der Waals surface area contributed by atoms with Gasteiger partial charge in [-0.3, -0.25) is 24.0 Å². The smallest absolute Gasteiger partial charge is 0.329 e. The van der Waals surface area contributed by atoms with E-state index in [1.165, 1.54) is 23.8 Å². The van der Waals surface area contributed by atoms with Crippen molar-refractivity contribution in [2.24, 2.45) is 29.1 Å². The van der Waals surface area contributed by atoms with Crippen LogP contribution in [0.25, 0.3) is 0 Å². The summed E-state index contributed by atoms with van der Waals surface area (Å²) in [6, 6.07) is -5.27. The fraction of sp³-hybridized carbons (Fsp3) is 0.780. The first-order valence-electron chi connectivity index (χ1n) is 20.1. The van der Waals surface area contributed by atoms with Crippen molar-refractivity contribution in [3.8, 4) is 0 Å². The second-order valence-electron chi connectivity index (χ2n) is 17.1. The summed E-state index contributed by atoms with van der Waals surface area (Å²) in [4.78, 5) is 101. The number of unbranched alkanes of at least 4 members (excludes halogenated alkanes) is 1. The van der Waals surface area contributed by atoms with Crippen LogP contribution in [0.15, 0.2) is 12.7 Å². The number of likely N-dealkylation sites (N-methyl/N-ethyl adjacent to an activating group) is 1. The number of fused-ring (bicyclic) bond motifs is 1. The summed E-state index contributed by atoms with van der Waals surface area (Å²) in [5.41, 5.74) is -1.34. The molecular formula is C41H69N5O9. The van der Waals surface area contributed by atoms with Crippen LogP contribution in [0.4, 0.5) is 0 Å². The Hall–Kier alpha value is -3.97. The van der Waals surface area contributed by atoms with Crippen molar-refractivity contribution >= 4 is 41.5 Å². The van der Waals surface area contributed by atoms with Gasteiger partial charge in [-0.1, -0.05) is 61.5 Å². The number of allylic oxidation sites excluding steroid dienone is 1. The van der Waals surface area contributed by atoms with Crippen molar-refractivity contribution in [3.63, 3.8) is 0 Å².